The average Bonchev–Trinajstić information content (AvgIpc) is 3.26. The van der Waals surface area contributed by atoms with Crippen molar-refractivity contribution in [2.24, 2.45) is 0 Å². The summed E-state index contributed by atoms with van der Waals surface area (Å²) in [5.41, 5.74) is 3.74. The minimum Gasteiger partial charge on any atom is -0.497 e. The maximum atomic E-state index is 13.4. The molecular formula is C27H25ClN2O4. The smallest absolute Gasteiger partial charge is 0.337 e. The molecule has 4 rings (SSSR count). The first kappa shape index (κ1) is 23.4. The van der Waals surface area contributed by atoms with Crippen molar-refractivity contribution in [2.75, 3.05) is 14.2 Å². The van der Waals surface area contributed by atoms with Crippen LogP contribution < -0.4 is 10.1 Å². The summed E-state index contributed by atoms with van der Waals surface area (Å²) in [7, 11) is 2.93. The molecule has 0 aliphatic heterocycles. The molecule has 0 unspecified atom stereocenters. The molecule has 0 bridgehead atoms. The lowest BCUT2D eigenvalue weighted by molar-refractivity contribution is 0.0600. The zero-order chi connectivity index (χ0) is 24.2. The summed E-state index contributed by atoms with van der Waals surface area (Å²) in [5.74, 6) is -0.00932. The SMILES string of the molecule is COC(=O)c1ccc([C@H](C)NC(=O)c2cc(OC)cc3ccn(Cc4ccc(Cl)cc4)c23)cc1. The molecule has 1 N–H and O–H groups in total. The summed E-state index contributed by atoms with van der Waals surface area (Å²) in [4.78, 5) is 25.1. The Morgan fingerprint density at radius 3 is 2.35 bits per heavy atom. The highest BCUT2D eigenvalue weighted by atomic mass is 35.5. The molecule has 0 radical (unpaired) electrons. The average molecular weight is 477 g/mol. The van der Waals surface area contributed by atoms with Crippen LogP contribution in [0.1, 0.15) is 44.8 Å². The van der Waals surface area contributed by atoms with Gasteiger partial charge in [0.2, 0.25) is 0 Å². The van der Waals surface area contributed by atoms with Crippen LogP contribution in [-0.4, -0.2) is 30.7 Å². The minimum absolute atomic E-state index is 0.218. The number of carbonyl (C=O) groups is 2. The van der Waals surface area contributed by atoms with Crippen molar-refractivity contribution >= 4 is 34.4 Å². The number of esters is 1. The fraction of sp³-hybridized carbons (Fsp3) is 0.185. The molecule has 34 heavy (non-hydrogen) atoms. The van der Waals surface area contributed by atoms with Crippen LogP contribution in [0.3, 0.4) is 0 Å². The van der Waals surface area contributed by atoms with Crippen LogP contribution in [-0.2, 0) is 11.3 Å². The highest BCUT2D eigenvalue weighted by Crippen LogP contribution is 2.28. The van der Waals surface area contributed by atoms with E-state index >= 15 is 0 Å². The lowest BCUT2D eigenvalue weighted by atomic mass is 10.0. The van der Waals surface area contributed by atoms with Gasteiger partial charge in [0.1, 0.15) is 5.75 Å². The number of fused-ring (bicyclic) bond motifs is 1. The summed E-state index contributed by atoms with van der Waals surface area (Å²) in [5, 5.41) is 4.66. The Kier molecular flexibility index (Phi) is 6.89. The number of ether oxygens (including phenoxy) is 2. The van der Waals surface area contributed by atoms with Crippen LogP contribution in [0.25, 0.3) is 10.9 Å². The van der Waals surface area contributed by atoms with Crippen molar-refractivity contribution in [1.29, 1.82) is 0 Å². The predicted molar refractivity (Wildman–Crippen MR) is 133 cm³/mol. The van der Waals surface area contributed by atoms with E-state index in [0.717, 1.165) is 22.0 Å². The Balaban J connectivity index is 1.63. The zero-order valence-corrected chi connectivity index (χ0v) is 19.9. The van der Waals surface area contributed by atoms with Crippen LogP contribution >= 0.6 is 11.6 Å². The Morgan fingerprint density at radius 2 is 1.71 bits per heavy atom. The number of rotatable bonds is 7. The van der Waals surface area contributed by atoms with Crippen molar-refractivity contribution in [1.82, 2.24) is 9.88 Å². The van der Waals surface area contributed by atoms with E-state index in [0.29, 0.717) is 28.4 Å². The topological polar surface area (TPSA) is 69.6 Å². The zero-order valence-electron chi connectivity index (χ0n) is 19.2. The molecule has 1 aromatic heterocycles. The number of aromatic nitrogens is 1. The van der Waals surface area contributed by atoms with E-state index in [1.165, 1.54) is 7.11 Å². The van der Waals surface area contributed by atoms with Gasteiger partial charge in [-0.2, -0.15) is 0 Å². The summed E-state index contributed by atoms with van der Waals surface area (Å²) < 4.78 is 12.2. The molecule has 7 heteroatoms. The monoisotopic (exact) mass is 476 g/mol. The first-order valence-corrected chi connectivity index (χ1v) is 11.2. The Hall–Kier alpha value is -3.77. The third kappa shape index (κ3) is 4.92. The van der Waals surface area contributed by atoms with Crippen molar-refractivity contribution in [3.05, 3.63) is 100 Å². The number of carbonyl (C=O) groups excluding carboxylic acids is 2. The first-order valence-electron chi connectivity index (χ1n) is 10.8. The first-order chi connectivity index (χ1) is 16.4. The second-order valence-corrected chi connectivity index (χ2v) is 8.43. The van der Waals surface area contributed by atoms with Crippen LogP contribution in [0.2, 0.25) is 5.02 Å². The fourth-order valence-corrected chi connectivity index (χ4v) is 4.04. The summed E-state index contributed by atoms with van der Waals surface area (Å²) in [6, 6.07) is 20.0. The minimum atomic E-state index is -0.400. The molecule has 1 amide bonds. The molecule has 6 nitrogen and oxygen atoms in total. The van der Waals surface area contributed by atoms with Crippen molar-refractivity contribution in [3.63, 3.8) is 0 Å². The summed E-state index contributed by atoms with van der Waals surface area (Å²) >= 11 is 6.02. The van der Waals surface area contributed by atoms with Gasteiger partial charge in [0, 0.05) is 23.2 Å². The number of halogens is 1. The predicted octanol–water partition coefficient (Wildman–Crippen LogP) is 5.63. The van der Waals surface area contributed by atoms with E-state index in [-0.39, 0.29) is 11.9 Å². The normalized spacial score (nSPS) is 11.8. The molecule has 0 aliphatic rings. The molecule has 1 heterocycles. The molecule has 4 aromatic rings. The maximum absolute atomic E-state index is 13.4. The highest BCUT2D eigenvalue weighted by molar-refractivity contribution is 6.30. The lowest BCUT2D eigenvalue weighted by Crippen LogP contribution is -2.27. The van der Waals surface area contributed by atoms with E-state index in [4.69, 9.17) is 21.1 Å². The number of methoxy groups -OCH3 is 2. The van der Waals surface area contributed by atoms with Gasteiger partial charge in [-0.25, -0.2) is 4.79 Å². The van der Waals surface area contributed by atoms with Gasteiger partial charge in [0.25, 0.3) is 5.91 Å². The molecule has 174 valence electrons. The molecule has 1 atom stereocenters. The van der Waals surface area contributed by atoms with Gasteiger partial charge in [0.15, 0.2) is 0 Å². The number of amides is 1. The van der Waals surface area contributed by atoms with Crippen LogP contribution in [0.4, 0.5) is 0 Å². The van der Waals surface area contributed by atoms with E-state index in [2.05, 4.69) is 5.32 Å². The van der Waals surface area contributed by atoms with Crippen LogP contribution in [0, 0.1) is 0 Å². The van der Waals surface area contributed by atoms with Gasteiger partial charge in [-0.05, 0) is 60.5 Å². The van der Waals surface area contributed by atoms with Crippen molar-refractivity contribution in [3.8, 4) is 5.75 Å². The molecule has 0 spiro atoms. The quantitative estimate of drug-likeness (QED) is 0.351. The van der Waals surface area contributed by atoms with Crippen molar-refractivity contribution in [2.45, 2.75) is 19.5 Å². The second-order valence-electron chi connectivity index (χ2n) is 7.99. The Bertz CT molecular complexity index is 1330. The third-order valence-electron chi connectivity index (χ3n) is 5.76. The van der Waals surface area contributed by atoms with E-state index in [9.17, 15) is 9.59 Å². The molecule has 0 saturated heterocycles. The van der Waals surface area contributed by atoms with Gasteiger partial charge in [0.05, 0.1) is 36.9 Å². The molecule has 3 aromatic carbocycles. The number of nitrogens with one attached hydrogen (secondary N) is 1. The van der Waals surface area contributed by atoms with Gasteiger partial charge >= 0.3 is 5.97 Å². The molecular weight excluding hydrogens is 452 g/mol. The standard InChI is InChI=1S/C27H25ClN2O4/c1-17(19-6-8-20(9-7-19)27(32)34-3)29-26(31)24-15-23(33-2)14-21-12-13-30(25(21)24)16-18-4-10-22(28)11-5-18/h4-15,17H,16H2,1-3H3,(H,29,31)/t17-/m0/s1. The summed E-state index contributed by atoms with van der Waals surface area (Å²) in [6.07, 6.45) is 1.96. The third-order valence-corrected chi connectivity index (χ3v) is 6.01. The van der Waals surface area contributed by atoms with Gasteiger partial charge in [-0.1, -0.05) is 35.9 Å². The van der Waals surface area contributed by atoms with Crippen LogP contribution in [0.15, 0.2) is 72.9 Å². The van der Waals surface area contributed by atoms with E-state index in [1.54, 1.807) is 25.3 Å². The van der Waals surface area contributed by atoms with Crippen molar-refractivity contribution < 1.29 is 19.1 Å². The lowest BCUT2D eigenvalue weighted by Gasteiger charge is -2.17. The number of hydrogen-bond acceptors (Lipinski definition) is 4. The number of hydrogen-bond donors (Lipinski definition) is 1. The van der Waals surface area contributed by atoms with E-state index in [1.807, 2.05) is 66.2 Å². The van der Waals surface area contributed by atoms with Gasteiger partial charge in [-0.15, -0.1) is 0 Å². The number of benzene rings is 3. The maximum Gasteiger partial charge on any atom is 0.337 e. The van der Waals surface area contributed by atoms with E-state index < -0.39 is 5.97 Å². The Labute approximate surface area is 203 Å². The molecule has 0 saturated carbocycles. The van der Waals surface area contributed by atoms with Crippen LogP contribution in [0.5, 0.6) is 5.75 Å². The molecule has 0 fully saturated rings. The highest BCUT2D eigenvalue weighted by Gasteiger charge is 2.19. The van der Waals surface area contributed by atoms with Gasteiger partial charge in [-0.3, -0.25) is 4.79 Å². The second kappa shape index (κ2) is 10.0. The summed E-state index contributed by atoms with van der Waals surface area (Å²) in [6.45, 7) is 2.49. The largest absolute Gasteiger partial charge is 0.497 e. The number of nitrogens with zero attached hydrogens (tertiary/aromatic N) is 1. The van der Waals surface area contributed by atoms with Gasteiger partial charge < -0.3 is 19.4 Å². The Morgan fingerprint density at radius 1 is 1.00 bits per heavy atom. The molecule has 0 aliphatic carbocycles. The fourth-order valence-electron chi connectivity index (χ4n) is 3.91.